The molecule has 2 N–H and O–H groups in total. The first-order chi connectivity index (χ1) is 12.6. The first-order valence-corrected chi connectivity index (χ1v) is 9.72. The first kappa shape index (κ1) is 18.9. The van der Waals surface area contributed by atoms with Crippen molar-refractivity contribution in [3.05, 3.63) is 35.9 Å². The van der Waals surface area contributed by atoms with Crippen molar-refractivity contribution in [2.75, 3.05) is 13.2 Å². The van der Waals surface area contributed by atoms with E-state index in [1.54, 1.807) is 0 Å². The zero-order valence-corrected chi connectivity index (χ0v) is 15.3. The number of amides is 1. The zero-order valence-electron chi connectivity index (χ0n) is 15.3. The second-order valence-electron chi connectivity index (χ2n) is 7.84. The summed E-state index contributed by atoms with van der Waals surface area (Å²) in [6.45, 7) is 1.02. The van der Waals surface area contributed by atoms with Crippen molar-refractivity contribution >= 4 is 11.9 Å². The Labute approximate surface area is 155 Å². The molecule has 0 spiro atoms. The average Bonchev–Trinajstić information content (AvgIpc) is 2.63. The van der Waals surface area contributed by atoms with Gasteiger partial charge in [0.2, 0.25) is 5.91 Å². The minimum Gasteiger partial charge on any atom is -0.481 e. The van der Waals surface area contributed by atoms with Gasteiger partial charge in [0.1, 0.15) is 0 Å². The van der Waals surface area contributed by atoms with E-state index in [1.165, 1.54) is 5.56 Å². The Balaban J connectivity index is 1.49. The van der Waals surface area contributed by atoms with Gasteiger partial charge >= 0.3 is 5.97 Å². The molecule has 5 heteroatoms. The third kappa shape index (κ3) is 5.07. The highest BCUT2D eigenvalue weighted by molar-refractivity contribution is 5.78. The van der Waals surface area contributed by atoms with Gasteiger partial charge in [0.15, 0.2) is 0 Å². The van der Waals surface area contributed by atoms with Crippen LogP contribution in [0.25, 0.3) is 0 Å². The van der Waals surface area contributed by atoms with Crippen molar-refractivity contribution in [1.29, 1.82) is 0 Å². The molecule has 1 aromatic carbocycles. The number of carboxylic acid groups (broad SMARTS) is 1. The van der Waals surface area contributed by atoms with E-state index in [2.05, 4.69) is 29.6 Å². The SMILES string of the molecule is O=C(O)CC1(NC(=O)CC2CCC(c3ccccc3)CC2)CCOCC1. The van der Waals surface area contributed by atoms with Crippen LogP contribution in [0.5, 0.6) is 0 Å². The summed E-state index contributed by atoms with van der Waals surface area (Å²) < 4.78 is 5.35. The molecule has 1 heterocycles. The van der Waals surface area contributed by atoms with E-state index in [9.17, 15) is 14.7 Å². The van der Waals surface area contributed by atoms with Crippen LogP contribution in [0.15, 0.2) is 30.3 Å². The fourth-order valence-corrected chi connectivity index (χ4v) is 4.43. The third-order valence-corrected chi connectivity index (χ3v) is 5.94. The largest absolute Gasteiger partial charge is 0.481 e. The van der Waals surface area contributed by atoms with Crippen molar-refractivity contribution in [2.24, 2.45) is 5.92 Å². The lowest BCUT2D eigenvalue weighted by Gasteiger charge is -2.37. The number of hydrogen-bond acceptors (Lipinski definition) is 3. The zero-order chi connectivity index (χ0) is 18.4. The normalized spacial score (nSPS) is 25.4. The molecule has 0 unspecified atom stereocenters. The Kier molecular flexibility index (Phi) is 6.30. The quantitative estimate of drug-likeness (QED) is 0.815. The number of hydrogen-bond donors (Lipinski definition) is 2. The van der Waals surface area contributed by atoms with Crippen molar-refractivity contribution < 1.29 is 19.4 Å². The standard InChI is InChI=1S/C21H29NO4/c23-19(22-21(15-20(24)25)10-12-26-13-11-21)14-16-6-8-18(9-7-16)17-4-2-1-3-5-17/h1-5,16,18H,6-15H2,(H,22,23)(H,24,25). The Morgan fingerprint density at radius 1 is 1.08 bits per heavy atom. The predicted octanol–water partition coefficient (Wildman–Crippen LogP) is 3.49. The number of carboxylic acids is 1. The fraction of sp³-hybridized carbons (Fsp3) is 0.619. The van der Waals surface area contributed by atoms with Gasteiger partial charge in [0, 0.05) is 19.6 Å². The highest BCUT2D eigenvalue weighted by Gasteiger charge is 2.37. The number of carbonyl (C=O) groups excluding carboxylic acids is 1. The molecule has 2 aliphatic rings. The molecular weight excluding hydrogens is 330 g/mol. The molecular formula is C21H29NO4. The molecule has 0 aromatic heterocycles. The van der Waals surface area contributed by atoms with Crippen LogP contribution in [-0.2, 0) is 14.3 Å². The van der Waals surface area contributed by atoms with Crippen LogP contribution in [-0.4, -0.2) is 35.7 Å². The number of nitrogens with one attached hydrogen (secondary N) is 1. The number of benzene rings is 1. The molecule has 0 atom stereocenters. The minimum absolute atomic E-state index is 0.00342. The average molecular weight is 359 g/mol. The highest BCUT2D eigenvalue weighted by Crippen LogP contribution is 2.37. The Morgan fingerprint density at radius 3 is 2.35 bits per heavy atom. The maximum Gasteiger partial charge on any atom is 0.305 e. The van der Waals surface area contributed by atoms with Crippen LogP contribution in [0.4, 0.5) is 0 Å². The van der Waals surface area contributed by atoms with Crippen molar-refractivity contribution in [3.63, 3.8) is 0 Å². The topological polar surface area (TPSA) is 75.6 Å². The van der Waals surface area contributed by atoms with Crippen LogP contribution in [0, 0.1) is 5.92 Å². The molecule has 1 aliphatic heterocycles. The Morgan fingerprint density at radius 2 is 1.73 bits per heavy atom. The summed E-state index contributed by atoms with van der Waals surface area (Å²) in [4.78, 5) is 23.8. The highest BCUT2D eigenvalue weighted by atomic mass is 16.5. The van der Waals surface area contributed by atoms with E-state index in [0.29, 0.717) is 44.3 Å². The number of aliphatic carboxylic acids is 1. The monoisotopic (exact) mass is 359 g/mol. The van der Waals surface area contributed by atoms with Crippen LogP contribution in [0.2, 0.25) is 0 Å². The molecule has 3 rings (SSSR count). The molecule has 1 aliphatic carbocycles. The summed E-state index contributed by atoms with van der Waals surface area (Å²) in [5.74, 6) is 0.132. The molecule has 1 saturated heterocycles. The second kappa shape index (κ2) is 8.67. The Hall–Kier alpha value is -1.88. The van der Waals surface area contributed by atoms with Crippen LogP contribution < -0.4 is 5.32 Å². The van der Waals surface area contributed by atoms with E-state index in [4.69, 9.17) is 4.74 Å². The summed E-state index contributed by atoms with van der Waals surface area (Å²) in [5, 5.41) is 12.3. The molecule has 2 fully saturated rings. The lowest BCUT2D eigenvalue weighted by Crippen LogP contribution is -2.53. The summed E-state index contributed by atoms with van der Waals surface area (Å²) in [6, 6.07) is 10.6. The molecule has 1 aromatic rings. The number of carbonyl (C=O) groups is 2. The summed E-state index contributed by atoms with van der Waals surface area (Å²) >= 11 is 0. The van der Waals surface area contributed by atoms with E-state index in [-0.39, 0.29) is 12.3 Å². The number of rotatable bonds is 6. The Bertz CT molecular complexity index is 602. The first-order valence-electron chi connectivity index (χ1n) is 9.72. The van der Waals surface area contributed by atoms with E-state index >= 15 is 0 Å². The fourth-order valence-electron chi connectivity index (χ4n) is 4.43. The van der Waals surface area contributed by atoms with Gasteiger partial charge in [-0.1, -0.05) is 30.3 Å². The van der Waals surface area contributed by atoms with Crippen molar-refractivity contribution in [2.45, 2.75) is 62.8 Å². The third-order valence-electron chi connectivity index (χ3n) is 5.94. The summed E-state index contributed by atoms with van der Waals surface area (Å²) in [6.07, 6.45) is 5.99. The van der Waals surface area contributed by atoms with E-state index in [0.717, 1.165) is 25.7 Å². The molecule has 1 saturated carbocycles. The smallest absolute Gasteiger partial charge is 0.305 e. The maximum atomic E-state index is 12.6. The van der Waals surface area contributed by atoms with Gasteiger partial charge in [-0.25, -0.2) is 0 Å². The van der Waals surface area contributed by atoms with E-state index in [1.807, 2.05) is 6.07 Å². The van der Waals surface area contributed by atoms with Gasteiger partial charge in [-0.15, -0.1) is 0 Å². The van der Waals surface area contributed by atoms with E-state index < -0.39 is 11.5 Å². The van der Waals surface area contributed by atoms with Crippen LogP contribution in [0.3, 0.4) is 0 Å². The van der Waals surface area contributed by atoms with Gasteiger partial charge in [-0.3, -0.25) is 9.59 Å². The van der Waals surface area contributed by atoms with Gasteiger partial charge < -0.3 is 15.2 Å². The lowest BCUT2D eigenvalue weighted by molar-refractivity contribution is -0.140. The number of ether oxygens (including phenoxy) is 1. The molecule has 0 radical (unpaired) electrons. The van der Waals surface area contributed by atoms with Crippen molar-refractivity contribution in [3.8, 4) is 0 Å². The van der Waals surface area contributed by atoms with Gasteiger partial charge in [-0.2, -0.15) is 0 Å². The van der Waals surface area contributed by atoms with Gasteiger partial charge in [-0.05, 0) is 55.9 Å². The molecule has 26 heavy (non-hydrogen) atoms. The van der Waals surface area contributed by atoms with Crippen molar-refractivity contribution in [1.82, 2.24) is 5.32 Å². The summed E-state index contributed by atoms with van der Waals surface area (Å²) in [7, 11) is 0. The second-order valence-corrected chi connectivity index (χ2v) is 7.84. The molecule has 1 amide bonds. The maximum absolute atomic E-state index is 12.6. The molecule has 5 nitrogen and oxygen atoms in total. The van der Waals surface area contributed by atoms with Gasteiger partial charge in [0.25, 0.3) is 0 Å². The lowest BCUT2D eigenvalue weighted by atomic mass is 9.77. The molecule has 0 bridgehead atoms. The van der Waals surface area contributed by atoms with Crippen LogP contribution >= 0.6 is 0 Å². The summed E-state index contributed by atoms with van der Waals surface area (Å²) in [5.41, 5.74) is 0.764. The minimum atomic E-state index is -0.865. The molecule has 142 valence electrons. The predicted molar refractivity (Wildman–Crippen MR) is 98.9 cm³/mol. The van der Waals surface area contributed by atoms with Gasteiger partial charge in [0.05, 0.1) is 12.0 Å². The van der Waals surface area contributed by atoms with Crippen LogP contribution in [0.1, 0.15) is 62.8 Å².